The monoisotopic (exact) mass is 429 g/mol. The van der Waals surface area contributed by atoms with Gasteiger partial charge >= 0.3 is 0 Å². The summed E-state index contributed by atoms with van der Waals surface area (Å²) in [6.07, 6.45) is 6.17. The molecule has 2 aliphatic heterocycles. The Kier molecular flexibility index (Phi) is 7.06. The van der Waals surface area contributed by atoms with Crippen LogP contribution >= 0.6 is 11.6 Å². The maximum Gasteiger partial charge on any atom is 0.263 e. The molecule has 7 nitrogen and oxygen atoms in total. The summed E-state index contributed by atoms with van der Waals surface area (Å²) >= 11 is 5.99. The molecule has 1 aromatic rings. The van der Waals surface area contributed by atoms with Crippen LogP contribution in [0.25, 0.3) is 0 Å². The maximum atomic E-state index is 12.6. The molecule has 0 saturated carbocycles. The molecule has 1 atom stereocenters. The van der Waals surface area contributed by atoms with Gasteiger partial charge in [0, 0.05) is 11.6 Å². The van der Waals surface area contributed by atoms with Crippen molar-refractivity contribution in [3.63, 3.8) is 0 Å². The average Bonchev–Trinajstić information content (AvgIpc) is 2.92. The summed E-state index contributed by atoms with van der Waals surface area (Å²) in [5.74, 6) is 0.0379. The zero-order valence-corrected chi connectivity index (χ0v) is 17.8. The van der Waals surface area contributed by atoms with Crippen molar-refractivity contribution in [3.05, 3.63) is 23.2 Å². The number of fused-ring (bicyclic) bond motifs is 1. The van der Waals surface area contributed by atoms with Crippen molar-refractivity contribution < 1.29 is 17.9 Å². The first-order chi connectivity index (χ1) is 13.3. The molecule has 1 amide bonds. The summed E-state index contributed by atoms with van der Waals surface area (Å²) in [6, 6.07) is 4.74. The molecule has 0 spiro atoms. The first-order valence-electron chi connectivity index (χ1n) is 9.78. The van der Waals surface area contributed by atoms with Crippen LogP contribution in [-0.2, 0) is 14.8 Å². The SMILES string of the molecule is CS(=O)(=O)N1C[C@@H](C(=O)NCCCN2CCCCCC2)Oc2ccc(Cl)cc21. The van der Waals surface area contributed by atoms with Crippen LogP contribution in [-0.4, -0.2) is 64.3 Å². The zero-order valence-electron chi connectivity index (χ0n) is 16.2. The number of carbonyl (C=O) groups is 1. The van der Waals surface area contributed by atoms with E-state index in [9.17, 15) is 13.2 Å². The molecule has 0 unspecified atom stereocenters. The highest BCUT2D eigenvalue weighted by Gasteiger charge is 2.35. The highest BCUT2D eigenvalue weighted by Crippen LogP contribution is 2.37. The third-order valence-electron chi connectivity index (χ3n) is 5.13. The fourth-order valence-corrected chi connectivity index (χ4v) is 4.74. The number of rotatable bonds is 6. The molecule has 9 heteroatoms. The second-order valence-electron chi connectivity index (χ2n) is 7.41. The average molecular weight is 430 g/mol. The zero-order chi connectivity index (χ0) is 20.1. The maximum absolute atomic E-state index is 12.6. The predicted octanol–water partition coefficient (Wildman–Crippen LogP) is 2.25. The van der Waals surface area contributed by atoms with Crippen molar-refractivity contribution >= 4 is 33.2 Å². The van der Waals surface area contributed by atoms with E-state index in [1.807, 2.05) is 0 Å². The number of nitrogens with zero attached hydrogens (tertiary/aromatic N) is 2. The van der Waals surface area contributed by atoms with Gasteiger partial charge in [-0.1, -0.05) is 24.4 Å². The van der Waals surface area contributed by atoms with Crippen LogP contribution in [0.2, 0.25) is 5.02 Å². The summed E-state index contributed by atoms with van der Waals surface area (Å²) < 4.78 is 31.3. The molecular formula is C19H28ClN3O4S. The molecule has 2 heterocycles. The topological polar surface area (TPSA) is 79.0 Å². The third-order valence-corrected chi connectivity index (χ3v) is 6.51. The summed E-state index contributed by atoms with van der Waals surface area (Å²) in [6.45, 7) is 3.69. The molecule has 156 valence electrons. The van der Waals surface area contributed by atoms with Gasteiger partial charge in [-0.3, -0.25) is 9.10 Å². The number of benzene rings is 1. The fourth-order valence-electron chi connectivity index (χ4n) is 3.66. The van der Waals surface area contributed by atoms with Crippen LogP contribution in [0.4, 0.5) is 5.69 Å². The Labute approximate surface area is 172 Å². The lowest BCUT2D eigenvalue weighted by atomic mass is 10.2. The van der Waals surface area contributed by atoms with E-state index in [-0.39, 0.29) is 12.5 Å². The fraction of sp³-hybridized carbons (Fsp3) is 0.632. The van der Waals surface area contributed by atoms with E-state index in [0.717, 1.165) is 32.3 Å². The molecule has 0 aliphatic carbocycles. The molecule has 1 saturated heterocycles. The van der Waals surface area contributed by atoms with Crippen molar-refractivity contribution in [2.45, 2.75) is 38.2 Å². The minimum Gasteiger partial charge on any atom is -0.476 e. The Morgan fingerprint density at radius 3 is 2.64 bits per heavy atom. The van der Waals surface area contributed by atoms with Crippen LogP contribution < -0.4 is 14.4 Å². The molecule has 0 bridgehead atoms. The number of carbonyl (C=O) groups excluding carboxylic acids is 1. The van der Waals surface area contributed by atoms with Crippen LogP contribution in [0.3, 0.4) is 0 Å². The molecule has 28 heavy (non-hydrogen) atoms. The highest BCUT2D eigenvalue weighted by atomic mass is 35.5. The Bertz CT molecular complexity index is 794. The minimum absolute atomic E-state index is 0.0653. The Morgan fingerprint density at radius 1 is 1.25 bits per heavy atom. The van der Waals surface area contributed by atoms with Gasteiger partial charge in [-0.2, -0.15) is 0 Å². The molecule has 2 aliphatic rings. The van der Waals surface area contributed by atoms with E-state index in [4.69, 9.17) is 16.3 Å². The first-order valence-corrected chi connectivity index (χ1v) is 12.0. The number of hydrogen-bond donors (Lipinski definition) is 1. The number of halogens is 1. The van der Waals surface area contributed by atoms with Gasteiger partial charge in [-0.05, 0) is 57.1 Å². The Balaban J connectivity index is 1.56. The van der Waals surface area contributed by atoms with Gasteiger partial charge in [0.15, 0.2) is 6.10 Å². The van der Waals surface area contributed by atoms with Crippen molar-refractivity contribution in [3.8, 4) is 5.75 Å². The lowest BCUT2D eigenvalue weighted by Crippen LogP contribution is -2.50. The molecule has 0 aromatic heterocycles. The molecule has 1 aromatic carbocycles. The van der Waals surface area contributed by atoms with E-state index >= 15 is 0 Å². The van der Waals surface area contributed by atoms with Gasteiger partial charge in [0.25, 0.3) is 5.91 Å². The van der Waals surface area contributed by atoms with Crippen molar-refractivity contribution in [1.82, 2.24) is 10.2 Å². The quantitative estimate of drug-likeness (QED) is 0.701. The summed E-state index contributed by atoms with van der Waals surface area (Å²) in [4.78, 5) is 15.0. The number of amides is 1. The predicted molar refractivity (Wildman–Crippen MR) is 111 cm³/mol. The molecule has 1 N–H and O–H groups in total. The van der Waals surface area contributed by atoms with Gasteiger partial charge in [-0.15, -0.1) is 0 Å². The second-order valence-corrected chi connectivity index (χ2v) is 9.76. The minimum atomic E-state index is -3.56. The van der Waals surface area contributed by atoms with Crippen LogP contribution in [0, 0.1) is 0 Å². The van der Waals surface area contributed by atoms with E-state index in [0.29, 0.717) is 23.0 Å². The number of likely N-dealkylation sites (tertiary alicyclic amines) is 1. The lowest BCUT2D eigenvalue weighted by Gasteiger charge is -2.34. The van der Waals surface area contributed by atoms with Crippen molar-refractivity contribution in [2.24, 2.45) is 0 Å². The Hall–Kier alpha value is -1.51. The van der Waals surface area contributed by atoms with E-state index in [1.165, 1.54) is 36.1 Å². The first kappa shape index (κ1) is 21.2. The van der Waals surface area contributed by atoms with Crippen LogP contribution in [0.5, 0.6) is 5.75 Å². The van der Waals surface area contributed by atoms with E-state index in [1.54, 1.807) is 12.1 Å². The van der Waals surface area contributed by atoms with Crippen LogP contribution in [0.15, 0.2) is 18.2 Å². The summed E-state index contributed by atoms with van der Waals surface area (Å²) in [7, 11) is -3.56. The summed E-state index contributed by atoms with van der Waals surface area (Å²) in [5, 5.41) is 3.29. The lowest BCUT2D eigenvalue weighted by molar-refractivity contribution is -0.127. The molecule has 3 rings (SSSR count). The van der Waals surface area contributed by atoms with Crippen molar-refractivity contribution in [1.29, 1.82) is 0 Å². The van der Waals surface area contributed by atoms with E-state index < -0.39 is 16.1 Å². The van der Waals surface area contributed by atoms with Gasteiger partial charge < -0.3 is 15.0 Å². The molecular weight excluding hydrogens is 402 g/mol. The van der Waals surface area contributed by atoms with Gasteiger partial charge in [0.05, 0.1) is 18.5 Å². The number of anilines is 1. The highest BCUT2D eigenvalue weighted by molar-refractivity contribution is 7.92. The molecule has 1 fully saturated rings. The Morgan fingerprint density at radius 2 is 1.96 bits per heavy atom. The van der Waals surface area contributed by atoms with Crippen molar-refractivity contribution in [2.75, 3.05) is 43.3 Å². The number of sulfonamides is 1. The number of nitrogens with one attached hydrogen (secondary N) is 1. The third kappa shape index (κ3) is 5.52. The standard InChI is InChI=1S/C19H28ClN3O4S/c1-28(25,26)23-14-18(27-17-8-7-15(20)13-16(17)23)19(24)21-9-6-12-22-10-4-2-3-5-11-22/h7-8,13,18H,2-6,9-12,14H2,1H3,(H,21,24)/t18-/m0/s1. The van der Waals surface area contributed by atoms with Gasteiger partial charge in [-0.25, -0.2) is 8.42 Å². The number of hydrogen-bond acceptors (Lipinski definition) is 5. The largest absolute Gasteiger partial charge is 0.476 e. The number of ether oxygens (including phenoxy) is 1. The smallest absolute Gasteiger partial charge is 0.263 e. The van der Waals surface area contributed by atoms with Crippen LogP contribution in [0.1, 0.15) is 32.1 Å². The second kappa shape index (κ2) is 9.33. The molecule has 0 radical (unpaired) electrons. The normalized spacial score (nSPS) is 20.8. The van der Waals surface area contributed by atoms with Gasteiger partial charge in [0.1, 0.15) is 5.75 Å². The summed E-state index contributed by atoms with van der Waals surface area (Å²) in [5.41, 5.74) is 0.361. The van der Waals surface area contributed by atoms with E-state index in [2.05, 4.69) is 10.2 Å². The van der Waals surface area contributed by atoms with Gasteiger partial charge in [0.2, 0.25) is 10.0 Å².